The van der Waals surface area contributed by atoms with Crippen molar-refractivity contribution in [3.63, 3.8) is 0 Å². The maximum Gasteiger partial charge on any atom is 0.343 e. The molecule has 0 aliphatic rings. The van der Waals surface area contributed by atoms with Crippen LogP contribution in [0.4, 0.5) is 0 Å². The minimum atomic E-state index is -0.342. The Kier molecular flexibility index (Phi) is 4.05. The number of esters is 1. The summed E-state index contributed by atoms with van der Waals surface area (Å²) in [5.74, 6) is 0.211. The van der Waals surface area contributed by atoms with Crippen LogP contribution in [0.2, 0.25) is 0 Å². The molecule has 0 unspecified atom stereocenters. The monoisotopic (exact) mass is 318 g/mol. The summed E-state index contributed by atoms with van der Waals surface area (Å²) in [4.78, 5) is 11.9. The maximum atomic E-state index is 11.9. The summed E-state index contributed by atoms with van der Waals surface area (Å²) in [6.45, 7) is 4.12. The quantitative estimate of drug-likeness (QED) is 0.472. The molecule has 0 N–H and O–H groups in total. The molecule has 2 nitrogen and oxygen atoms in total. The number of ether oxygens (including phenoxy) is 1. The Morgan fingerprint density at radius 1 is 1.00 bits per heavy atom. The molecule has 0 bridgehead atoms. The first-order valence-corrected chi connectivity index (χ1v) is 6.83. The van der Waals surface area contributed by atoms with Crippen LogP contribution in [0.3, 0.4) is 0 Å². The molecule has 0 amide bonds. The van der Waals surface area contributed by atoms with Crippen LogP contribution in [0.15, 0.2) is 54.6 Å². The van der Waals surface area contributed by atoms with E-state index in [-0.39, 0.29) is 10.3 Å². The Balaban J connectivity index is 2.12. The molecule has 0 spiro atoms. The van der Waals surface area contributed by atoms with Crippen LogP contribution in [-0.4, -0.2) is 5.97 Å². The first-order chi connectivity index (χ1) is 8.97. The molecule has 2 aromatic rings. The van der Waals surface area contributed by atoms with E-state index >= 15 is 0 Å². The average Bonchev–Trinajstić information content (AvgIpc) is 2.39. The highest BCUT2D eigenvalue weighted by atomic mass is 79.9. The van der Waals surface area contributed by atoms with E-state index in [1.165, 1.54) is 0 Å². The average molecular weight is 319 g/mol. The van der Waals surface area contributed by atoms with E-state index in [4.69, 9.17) is 4.74 Å². The third-order valence-electron chi connectivity index (χ3n) is 2.76. The maximum absolute atomic E-state index is 11.9. The first-order valence-electron chi connectivity index (χ1n) is 6.03. The van der Waals surface area contributed by atoms with Gasteiger partial charge in [0.15, 0.2) is 0 Å². The van der Waals surface area contributed by atoms with Gasteiger partial charge in [-0.25, -0.2) is 4.79 Å². The zero-order chi connectivity index (χ0) is 13.9. The van der Waals surface area contributed by atoms with Crippen molar-refractivity contribution < 1.29 is 9.53 Å². The highest BCUT2D eigenvalue weighted by Gasteiger charge is 2.16. The molecule has 0 fully saturated rings. The molecule has 0 atom stereocenters. The Labute approximate surface area is 121 Å². The summed E-state index contributed by atoms with van der Waals surface area (Å²) in [5, 5.41) is 0. The Morgan fingerprint density at radius 2 is 1.58 bits per heavy atom. The number of benzene rings is 2. The molecule has 3 heteroatoms. The second kappa shape index (κ2) is 5.57. The summed E-state index contributed by atoms with van der Waals surface area (Å²) in [7, 11) is 0. The van der Waals surface area contributed by atoms with Gasteiger partial charge in [0, 0.05) is 4.32 Å². The van der Waals surface area contributed by atoms with Crippen LogP contribution < -0.4 is 4.74 Å². The van der Waals surface area contributed by atoms with Gasteiger partial charge < -0.3 is 4.74 Å². The second-order valence-electron chi connectivity index (χ2n) is 4.75. The van der Waals surface area contributed by atoms with Crippen molar-refractivity contribution in [2.45, 2.75) is 18.2 Å². The summed E-state index contributed by atoms with van der Waals surface area (Å²) in [5.41, 5.74) is 1.66. The van der Waals surface area contributed by atoms with Crippen LogP contribution in [0.25, 0.3) is 0 Å². The fourth-order valence-electron chi connectivity index (χ4n) is 1.66. The van der Waals surface area contributed by atoms with E-state index in [0.29, 0.717) is 11.3 Å². The lowest BCUT2D eigenvalue weighted by atomic mass is 10.0. The van der Waals surface area contributed by atoms with E-state index < -0.39 is 0 Å². The second-order valence-corrected chi connectivity index (χ2v) is 6.73. The molecule has 19 heavy (non-hydrogen) atoms. The topological polar surface area (TPSA) is 26.3 Å². The highest BCUT2D eigenvalue weighted by molar-refractivity contribution is 9.09. The van der Waals surface area contributed by atoms with Gasteiger partial charge in [-0.05, 0) is 43.7 Å². The van der Waals surface area contributed by atoms with E-state index in [9.17, 15) is 4.79 Å². The van der Waals surface area contributed by atoms with Gasteiger partial charge in [-0.1, -0.05) is 46.3 Å². The van der Waals surface area contributed by atoms with E-state index in [1.807, 2.05) is 30.3 Å². The summed E-state index contributed by atoms with van der Waals surface area (Å²) in [6, 6.07) is 16.5. The first kappa shape index (κ1) is 13.8. The molecule has 0 aliphatic heterocycles. The lowest BCUT2D eigenvalue weighted by Gasteiger charge is -2.16. The van der Waals surface area contributed by atoms with Gasteiger partial charge in [-0.2, -0.15) is 0 Å². The van der Waals surface area contributed by atoms with Crippen molar-refractivity contribution in [1.82, 2.24) is 0 Å². The van der Waals surface area contributed by atoms with Gasteiger partial charge >= 0.3 is 5.97 Å². The van der Waals surface area contributed by atoms with Crippen molar-refractivity contribution in [3.8, 4) is 5.75 Å². The molecule has 98 valence electrons. The number of alkyl halides is 1. The molecule has 2 rings (SSSR count). The fourth-order valence-corrected chi connectivity index (χ4v) is 1.92. The summed E-state index contributed by atoms with van der Waals surface area (Å²) < 4.78 is 5.17. The lowest BCUT2D eigenvalue weighted by molar-refractivity contribution is 0.0735. The smallest absolute Gasteiger partial charge is 0.343 e. The van der Waals surface area contributed by atoms with Crippen LogP contribution in [-0.2, 0) is 4.32 Å². The van der Waals surface area contributed by atoms with Gasteiger partial charge in [-0.3, -0.25) is 0 Å². The third-order valence-corrected chi connectivity index (χ3v) is 3.22. The minimum absolute atomic E-state index is 0.102. The number of rotatable bonds is 3. The molecule has 0 saturated carbocycles. The van der Waals surface area contributed by atoms with Crippen LogP contribution in [0, 0.1) is 0 Å². The van der Waals surface area contributed by atoms with Gasteiger partial charge in [-0.15, -0.1) is 0 Å². The van der Waals surface area contributed by atoms with Crippen molar-refractivity contribution in [2.75, 3.05) is 0 Å². The zero-order valence-electron chi connectivity index (χ0n) is 10.9. The lowest BCUT2D eigenvalue weighted by Crippen LogP contribution is -2.10. The molecule has 0 aliphatic carbocycles. The molecule has 0 heterocycles. The number of carbonyl (C=O) groups excluding carboxylic acids is 1. The number of para-hydroxylation sites is 1. The van der Waals surface area contributed by atoms with Gasteiger partial charge in [0.05, 0.1) is 5.56 Å². The summed E-state index contributed by atoms with van der Waals surface area (Å²) >= 11 is 3.59. The van der Waals surface area contributed by atoms with Crippen LogP contribution in [0.1, 0.15) is 29.8 Å². The molecule has 0 saturated heterocycles. The molecular formula is C16H15BrO2. The minimum Gasteiger partial charge on any atom is -0.423 e. The van der Waals surface area contributed by atoms with Crippen molar-refractivity contribution >= 4 is 21.9 Å². The zero-order valence-corrected chi connectivity index (χ0v) is 12.5. The predicted octanol–water partition coefficient (Wildman–Crippen LogP) is 4.54. The van der Waals surface area contributed by atoms with Crippen molar-refractivity contribution in [2.24, 2.45) is 0 Å². The molecular weight excluding hydrogens is 304 g/mol. The SMILES string of the molecule is CC(C)(Br)c1ccc(C(=O)Oc2ccccc2)cc1. The molecule has 0 radical (unpaired) electrons. The Morgan fingerprint density at radius 3 is 2.11 bits per heavy atom. The largest absolute Gasteiger partial charge is 0.423 e. The third kappa shape index (κ3) is 3.67. The van der Waals surface area contributed by atoms with Gasteiger partial charge in [0.1, 0.15) is 5.75 Å². The predicted molar refractivity (Wildman–Crippen MR) is 79.8 cm³/mol. The Bertz CT molecular complexity index is 554. The van der Waals surface area contributed by atoms with Crippen molar-refractivity contribution in [1.29, 1.82) is 0 Å². The fraction of sp³-hybridized carbons (Fsp3) is 0.188. The highest BCUT2D eigenvalue weighted by Crippen LogP contribution is 2.29. The van der Waals surface area contributed by atoms with Crippen molar-refractivity contribution in [3.05, 3.63) is 65.7 Å². The van der Waals surface area contributed by atoms with Crippen LogP contribution >= 0.6 is 15.9 Å². The number of carbonyl (C=O) groups is 1. The Hall–Kier alpha value is -1.61. The van der Waals surface area contributed by atoms with Gasteiger partial charge in [0.2, 0.25) is 0 Å². The molecule has 0 aromatic heterocycles. The number of hydrogen-bond acceptors (Lipinski definition) is 2. The van der Waals surface area contributed by atoms with E-state index in [0.717, 1.165) is 5.56 Å². The van der Waals surface area contributed by atoms with E-state index in [1.54, 1.807) is 24.3 Å². The standard InChI is InChI=1S/C16H15BrO2/c1-16(2,17)13-10-8-12(9-11-13)15(18)19-14-6-4-3-5-7-14/h3-11H,1-2H3. The number of halogens is 1. The van der Waals surface area contributed by atoms with E-state index in [2.05, 4.69) is 29.8 Å². The molecule has 2 aromatic carbocycles. The van der Waals surface area contributed by atoms with Crippen LogP contribution in [0.5, 0.6) is 5.75 Å². The normalized spacial score (nSPS) is 11.1. The van der Waals surface area contributed by atoms with Gasteiger partial charge in [0.25, 0.3) is 0 Å². The summed E-state index contributed by atoms with van der Waals surface area (Å²) in [6.07, 6.45) is 0. The number of hydrogen-bond donors (Lipinski definition) is 0.